The smallest absolute Gasteiger partial charge is 0.254 e. The fraction of sp³-hybridized carbons (Fsp3) is 0.500. The van der Waals surface area contributed by atoms with Crippen LogP contribution >= 0.6 is 0 Å². The van der Waals surface area contributed by atoms with Crippen LogP contribution in [0.25, 0.3) is 0 Å². The minimum Gasteiger partial charge on any atom is -0.396 e. The van der Waals surface area contributed by atoms with Crippen molar-refractivity contribution in [2.24, 2.45) is 5.92 Å². The molecule has 100 valence electrons. The number of anilines is 1. The molecule has 0 aliphatic heterocycles. The fourth-order valence-corrected chi connectivity index (χ4v) is 1.75. The Morgan fingerprint density at radius 3 is 2.39 bits per heavy atom. The summed E-state index contributed by atoms with van der Waals surface area (Å²) in [6.45, 7) is 8.66. The Balaban J connectivity index is 2.98. The van der Waals surface area contributed by atoms with Crippen LogP contribution in [0.5, 0.6) is 0 Å². The van der Waals surface area contributed by atoms with Gasteiger partial charge in [0.05, 0.1) is 5.69 Å². The maximum absolute atomic E-state index is 13.4. The molecule has 4 heteroatoms. The van der Waals surface area contributed by atoms with Gasteiger partial charge in [0, 0.05) is 18.2 Å². The molecular formula is C14H21FN2O. The van der Waals surface area contributed by atoms with Crippen molar-refractivity contribution in [1.29, 1.82) is 0 Å². The number of amides is 1. The second-order valence-electron chi connectivity index (χ2n) is 5.18. The maximum Gasteiger partial charge on any atom is 0.254 e. The van der Waals surface area contributed by atoms with Gasteiger partial charge in [0.1, 0.15) is 5.82 Å². The topological polar surface area (TPSA) is 46.3 Å². The summed E-state index contributed by atoms with van der Waals surface area (Å²) < 4.78 is 13.4. The van der Waals surface area contributed by atoms with E-state index in [4.69, 9.17) is 5.73 Å². The Hall–Kier alpha value is -1.58. The van der Waals surface area contributed by atoms with E-state index in [1.165, 1.54) is 12.1 Å². The van der Waals surface area contributed by atoms with Crippen LogP contribution in [-0.4, -0.2) is 23.4 Å². The Bertz CT molecular complexity index is 430. The molecule has 0 aliphatic carbocycles. The molecule has 0 radical (unpaired) electrons. The molecule has 0 saturated heterocycles. The zero-order valence-electron chi connectivity index (χ0n) is 11.4. The van der Waals surface area contributed by atoms with Crippen molar-refractivity contribution in [3.05, 3.63) is 29.6 Å². The first-order chi connectivity index (χ1) is 8.32. The largest absolute Gasteiger partial charge is 0.396 e. The molecule has 0 bridgehead atoms. The maximum atomic E-state index is 13.4. The zero-order valence-corrected chi connectivity index (χ0v) is 11.4. The third kappa shape index (κ3) is 3.45. The summed E-state index contributed by atoms with van der Waals surface area (Å²) >= 11 is 0. The van der Waals surface area contributed by atoms with E-state index in [0.717, 1.165) is 0 Å². The van der Waals surface area contributed by atoms with Gasteiger partial charge in [0.2, 0.25) is 0 Å². The van der Waals surface area contributed by atoms with Gasteiger partial charge in [0.25, 0.3) is 5.91 Å². The first-order valence-corrected chi connectivity index (χ1v) is 6.19. The number of rotatable bonds is 4. The van der Waals surface area contributed by atoms with E-state index in [9.17, 15) is 9.18 Å². The zero-order chi connectivity index (χ0) is 13.9. The molecular weight excluding hydrogens is 231 g/mol. The molecule has 0 aliphatic rings. The molecule has 0 aromatic heterocycles. The normalized spacial score (nSPS) is 11.1. The van der Waals surface area contributed by atoms with Gasteiger partial charge in [-0.15, -0.1) is 0 Å². The highest BCUT2D eigenvalue weighted by Crippen LogP contribution is 2.16. The summed E-state index contributed by atoms with van der Waals surface area (Å²) in [6, 6.07) is 4.28. The van der Waals surface area contributed by atoms with Gasteiger partial charge >= 0.3 is 0 Å². The molecule has 0 unspecified atom stereocenters. The van der Waals surface area contributed by atoms with Gasteiger partial charge in [0.15, 0.2) is 0 Å². The van der Waals surface area contributed by atoms with E-state index in [-0.39, 0.29) is 17.6 Å². The van der Waals surface area contributed by atoms with Gasteiger partial charge < -0.3 is 10.6 Å². The van der Waals surface area contributed by atoms with E-state index in [2.05, 4.69) is 0 Å². The van der Waals surface area contributed by atoms with Crippen LogP contribution in [0, 0.1) is 11.7 Å². The average molecular weight is 252 g/mol. The molecule has 0 saturated carbocycles. The van der Waals surface area contributed by atoms with Crippen molar-refractivity contribution in [1.82, 2.24) is 4.90 Å². The number of carbonyl (C=O) groups excluding carboxylic acids is 1. The second-order valence-corrected chi connectivity index (χ2v) is 5.18. The lowest BCUT2D eigenvalue weighted by atomic mass is 10.1. The van der Waals surface area contributed by atoms with Crippen LogP contribution in [-0.2, 0) is 0 Å². The van der Waals surface area contributed by atoms with Crippen LogP contribution in [0.15, 0.2) is 18.2 Å². The van der Waals surface area contributed by atoms with Crippen LogP contribution in [0.3, 0.4) is 0 Å². The van der Waals surface area contributed by atoms with Crippen molar-refractivity contribution in [3.63, 3.8) is 0 Å². The minimum absolute atomic E-state index is 0.0616. The molecule has 1 aromatic carbocycles. The first kappa shape index (κ1) is 14.5. The summed E-state index contributed by atoms with van der Waals surface area (Å²) in [5.74, 6) is -0.332. The molecule has 3 nitrogen and oxygen atoms in total. The number of benzene rings is 1. The lowest BCUT2D eigenvalue weighted by Gasteiger charge is -2.28. The molecule has 0 fully saturated rings. The summed E-state index contributed by atoms with van der Waals surface area (Å²) in [4.78, 5) is 14.0. The van der Waals surface area contributed by atoms with E-state index < -0.39 is 5.82 Å². The van der Waals surface area contributed by atoms with Crippen molar-refractivity contribution in [3.8, 4) is 0 Å². The van der Waals surface area contributed by atoms with Crippen molar-refractivity contribution < 1.29 is 9.18 Å². The summed E-state index contributed by atoms with van der Waals surface area (Å²) in [5.41, 5.74) is 5.81. The average Bonchev–Trinajstić information content (AvgIpc) is 2.28. The molecule has 0 heterocycles. The van der Waals surface area contributed by atoms with E-state index in [1.54, 1.807) is 11.0 Å². The SMILES string of the molecule is CC(C)CN(C(=O)c1ccc(N)c(F)c1)C(C)C. The fourth-order valence-electron chi connectivity index (χ4n) is 1.75. The third-order valence-electron chi connectivity index (χ3n) is 2.69. The van der Waals surface area contributed by atoms with Gasteiger partial charge in [-0.2, -0.15) is 0 Å². The summed E-state index contributed by atoms with van der Waals surface area (Å²) in [7, 11) is 0. The second kappa shape index (κ2) is 5.85. The molecule has 1 rings (SSSR count). The number of nitrogens with zero attached hydrogens (tertiary/aromatic N) is 1. The van der Waals surface area contributed by atoms with Crippen LogP contribution in [0.1, 0.15) is 38.1 Å². The Kier molecular flexibility index (Phi) is 4.70. The molecule has 0 spiro atoms. The van der Waals surface area contributed by atoms with Gasteiger partial charge in [-0.25, -0.2) is 4.39 Å². The highest BCUT2D eigenvalue weighted by atomic mass is 19.1. The number of halogens is 1. The molecule has 1 amide bonds. The van der Waals surface area contributed by atoms with Crippen molar-refractivity contribution in [2.75, 3.05) is 12.3 Å². The lowest BCUT2D eigenvalue weighted by molar-refractivity contribution is 0.0681. The number of nitrogen functional groups attached to an aromatic ring is 1. The third-order valence-corrected chi connectivity index (χ3v) is 2.69. The quantitative estimate of drug-likeness (QED) is 0.837. The van der Waals surface area contributed by atoms with Gasteiger partial charge in [-0.1, -0.05) is 13.8 Å². The monoisotopic (exact) mass is 252 g/mol. The standard InChI is InChI=1S/C14H21FN2O/c1-9(2)8-17(10(3)4)14(18)11-5-6-13(16)12(15)7-11/h5-7,9-10H,8,16H2,1-4H3. The summed E-state index contributed by atoms with van der Waals surface area (Å²) in [5, 5.41) is 0. The first-order valence-electron chi connectivity index (χ1n) is 6.19. The highest BCUT2D eigenvalue weighted by molar-refractivity contribution is 5.94. The van der Waals surface area contributed by atoms with E-state index in [0.29, 0.717) is 18.0 Å². The number of hydrogen-bond donors (Lipinski definition) is 1. The minimum atomic E-state index is -0.547. The predicted molar refractivity (Wildman–Crippen MR) is 71.8 cm³/mol. The van der Waals surface area contributed by atoms with Gasteiger partial charge in [-0.05, 0) is 38.0 Å². The van der Waals surface area contributed by atoms with Crippen LogP contribution in [0.4, 0.5) is 10.1 Å². The van der Waals surface area contributed by atoms with Crippen molar-refractivity contribution in [2.45, 2.75) is 33.7 Å². The Morgan fingerprint density at radius 2 is 1.94 bits per heavy atom. The molecule has 2 N–H and O–H groups in total. The van der Waals surface area contributed by atoms with E-state index in [1.807, 2.05) is 27.7 Å². The number of nitrogens with two attached hydrogens (primary N) is 1. The lowest BCUT2D eigenvalue weighted by Crippen LogP contribution is -2.39. The number of hydrogen-bond acceptors (Lipinski definition) is 2. The Labute approximate surface area is 108 Å². The molecule has 0 atom stereocenters. The number of carbonyl (C=O) groups is 1. The van der Waals surface area contributed by atoms with E-state index >= 15 is 0 Å². The predicted octanol–water partition coefficient (Wildman–Crippen LogP) is 2.91. The van der Waals surface area contributed by atoms with Crippen LogP contribution in [0.2, 0.25) is 0 Å². The van der Waals surface area contributed by atoms with Crippen molar-refractivity contribution >= 4 is 11.6 Å². The molecule has 18 heavy (non-hydrogen) atoms. The van der Waals surface area contributed by atoms with Gasteiger partial charge in [-0.3, -0.25) is 4.79 Å². The Morgan fingerprint density at radius 1 is 1.33 bits per heavy atom. The summed E-state index contributed by atoms with van der Waals surface area (Å²) in [6.07, 6.45) is 0. The molecule has 1 aromatic rings. The highest BCUT2D eigenvalue weighted by Gasteiger charge is 2.20. The van der Waals surface area contributed by atoms with Crippen LogP contribution < -0.4 is 5.73 Å².